The Morgan fingerprint density at radius 2 is 1.64 bits per heavy atom. The lowest BCUT2D eigenvalue weighted by atomic mass is 10.1. The first-order valence-corrected chi connectivity index (χ1v) is 11.0. The number of sulfonamides is 1. The molecule has 0 unspecified atom stereocenters. The molecular weight excluding hydrogens is 368 g/mol. The normalized spacial score (nSPS) is 12.1. The van der Waals surface area contributed by atoms with E-state index in [0.29, 0.717) is 11.4 Å². The van der Waals surface area contributed by atoms with Gasteiger partial charge in [0, 0.05) is 24.5 Å². The third-order valence-electron chi connectivity index (χ3n) is 4.88. The average Bonchev–Trinajstić information content (AvgIpc) is 3.06. The first kappa shape index (κ1) is 20.4. The van der Waals surface area contributed by atoms with E-state index >= 15 is 0 Å². The summed E-state index contributed by atoms with van der Waals surface area (Å²) < 4.78 is 30.2. The van der Waals surface area contributed by atoms with Crippen LogP contribution in [0.25, 0.3) is 0 Å². The smallest absolute Gasteiger partial charge is 0.243 e. The molecule has 5 heteroatoms. The topological polar surface area (TPSA) is 42.3 Å². The number of aryl methyl sites for hydroxylation is 2. The van der Waals surface area contributed by atoms with Crippen LogP contribution in [0.5, 0.6) is 0 Å². The van der Waals surface area contributed by atoms with E-state index in [1.165, 1.54) is 11.1 Å². The Morgan fingerprint density at radius 3 is 2.29 bits per heavy atom. The van der Waals surface area contributed by atoms with Gasteiger partial charge in [0.05, 0.1) is 11.4 Å². The summed E-state index contributed by atoms with van der Waals surface area (Å²) in [4.78, 5) is 0.337. The van der Waals surface area contributed by atoms with Crippen molar-refractivity contribution >= 4 is 10.0 Å². The van der Waals surface area contributed by atoms with Crippen LogP contribution in [0, 0.1) is 13.8 Å². The zero-order valence-electron chi connectivity index (χ0n) is 17.0. The summed E-state index contributed by atoms with van der Waals surface area (Å²) in [5, 5.41) is 0. The molecule has 3 aromatic rings. The van der Waals surface area contributed by atoms with E-state index in [-0.39, 0.29) is 6.04 Å². The van der Waals surface area contributed by atoms with Crippen molar-refractivity contribution in [2.24, 2.45) is 0 Å². The van der Waals surface area contributed by atoms with E-state index in [1.807, 2.05) is 51.2 Å². The molecule has 0 bridgehead atoms. The van der Waals surface area contributed by atoms with Crippen LogP contribution in [0.4, 0.5) is 0 Å². The maximum absolute atomic E-state index is 13.2. The van der Waals surface area contributed by atoms with Gasteiger partial charge < -0.3 is 4.57 Å². The van der Waals surface area contributed by atoms with Crippen LogP contribution < -0.4 is 0 Å². The minimum Gasteiger partial charge on any atom is -0.346 e. The highest BCUT2D eigenvalue weighted by Crippen LogP contribution is 2.22. The molecule has 0 N–H and O–H groups in total. The Morgan fingerprint density at radius 1 is 0.929 bits per heavy atom. The van der Waals surface area contributed by atoms with Gasteiger partial charge in [0.25, 0.3) is 0 Å². The maximum atomic E-state index is 13.2. The average molecular weight is 397 g/mol. The molecule has 0 spiro atoms. The summed E-state index contributed by atoms with van der Waals surface area (Å²) >= 11 is 0. The zero-order valence-corrected chi connectivity index (χ0v) is 17.8. The summed E-state index contributed by atoms with van der Waals surface area (Å²) in [6.07, 6.45) is 2.01. The van der Waals surface area contributed by atoms with Crippen molar-refractivity contribution in [3.8, 4) is 0 Å². The monoisotopic (exact) mass is 396 g/mol. The predicted molar refractivity (Wildman–Crippen MR) is 114 cm³/mol. The fourth-order valence-corrected chi connectivity index (χ4v) is 4.91. The van der Waals surface area contributed by atoms with Gasteiger partial charge in [-0.05, 0) is 57.5 Å². The van der Waals surface area contributed by atoms with Gasteiger partial charge in [-0.2, -0.15) is 4.31 Å². The highest BCUT2D eigenvalue weighted by atomic mass is 32.2. The summed E-state index contributed by atoms with van der Waals surface area (Å²) in [6.45, 7) is 8.93. The van der Waals surface area contributed by atoms with E-state index in [9.17, 15) is 8.42 Å². The number of hydrogen-bond donors (Lipinski definition) is 0. The molecule has 2 aromatic carbocycles. The van der Waals surface area contributed by atoms with Crippen molar-refractivity contribution < 1.29 is 8.42 Å². The van der Waals surface area contributed by atoms with Crippen molar-refractivity contribution in [3.63, 3.8) is 0 Å². The van der Waals surface area contributed by atoms with E-state index < -0.39 is 10.0 Å². The molecule has 0 aliphatic rings. The molecule has 3 rings (SSSR count). The van der Waals surface area contributed by atoms with E-state index in [4.69, 9.17) is 0 Å². The third kappa shape index (κ3) is 4.54. The Kier molecular flexibility index (Phi) is 6.06. The van der Waals surface area contributed by atoms with Crippen LogP contribution >= 0.6 is 0 Å². The summed E-state index contributed by atoms with van der Waals surface area (Å²) in [5.74, 6) is 0. The van der Waals surface area contributed by atoms with Crippen molar-refractivity contribution in [2.75, 3.05) is 0 Å². The molecule has 0 radical (unpaired) electrons. The fraction of sp³-hybridized carbons (Fsp3) is 0.304. The third-order valence-corrected chi connectivity index (χ3v) is 6.92. The SMILES string of the molecule is Cc1ccc(S(=O)(=O)N(Cc2cccn2Cc2cccc(C)c2)C(C)C)cc1. The number of rotatable bonds is 7. The summed E-state index contributed by atoms with van der Waals surface area (Å²) in [6, 6.07) is 19.3. The van der Waals surface area contributed by atoms with Gasteiger partial charge in [-0.25, -0.2) is 8.42 Å². The fourth-order valence-electron chi connectivity index (χ4n) is 3.30. The van der Waals surface area contributed by atoms with Crippen LogP contribution in [0.3, 0.4) is 0 Å². The standard InChI is InChI=1S/C23H28N2O2S/c1-18(2)25(28(26,27)23-12-10-19(3)11-13-23)17-22-9-6-14-24(22)16-21-8-5-7-20(4)15-21/h5-15,18H,16-17H2,1-4H3. The Labute approximate surface area is 168 Å². The van der Waals surface area contributed by atoms with Crippen LogP contribution in [0.1, 0.15) is 36.2 Å². The van der Waals surface area contributed by atoms with Gasteiger partial charge in [0.2, 0.25) is 10.0 Å². The molecule has 0 aliphatic heterocycles. The molecule has 148 valence electrons. The Balaban J connectivity index is 1.88. The predicted octanol–water partition coefficient (Wildman–Crippen LogP) is 4.75. The zero-order chi connectivity index (χ0) is 20.3. The van der Waals surface area contributed by atoms with Crippen LogP contribution in [-0.4, -0.2) is 23.3 Å². The second-order valence-corrected chi connectivity index (χ2v) is 9.46. The molecule has 0 amide bonds. The number of hydrogen-bond acceptors (Lipinski definition) is 2. The molecule has 1 heterocycles. The highest BCUT2D eigenvalue weighted by molar-refractivity contribution is 7.89. The first-order valence-electron chi connectivity index (χ1n) is 9.55. The first-order chi connectivity index (χ1) is 13.3. The Bertz CT molecular complexity index is 1030. The van der Waals surface area contributed by atoms with Gasteiger partial charge >= 0.3 is 0 Å². The van der Waals surface area contributed by atoms with Crippen molar-refractivity contribution in [3.05, 3.63) is 89.2 Å². The second kappa shape index (κ2) is 8.33. The molecule has 28 heavy (non-hydrogen) atoms. The maximum Gasteiger partial charge on any atom is 0.243 e. The lowest BCUT2D eigenvalue weighted by Gasteiger charge is -2.26. The highest BCUT2D eigenvalue weighted by Gasteiger charge is 2.27. The molecule has 1 aromatic heterocycles. The molecule has 0 atom stereocenters. The van der Waals surface area contributed by atoms with E-state index in [1.54, 1.807) is 16.4 Å². The summed E-state index contributed by atoms with van der Waals surface area (Å²) in [5.41, 5.74) is 4.44. The van der Waals surface area contributed by atoms with Crippen LogP contribution in [0.15, 0.2) is 71.8 Å². The van der Waals surface area contributed by atoms with Gasteiger partial charge in [0.15, 0.2) is 0 Å². The Hall–Kier alpha value is -2.37. The van der Waals surface area contributed by atoms with Gasteiger partial charge in [-0.15, -0.1) is 0 Å². The molecule has 0 aliphatic carbocycles. The van der Waals surface area contributed by atoms with E-state index in [2.05, 4.69) is 35.8 Å². The lowest BCUT2D eigenvalue weighted by molar-refractivity contribution is 0.340. The minimum atomic E-state index is -3.57. The van der Waals surface area contributed by atoms with Crippen LogP contribution in [0.2, 0.25) is 0 Å². The van der Waals surface area contributed by atoms with Gasteiger partial charge in [-0.1, -0.05) is 47.5 Å². The number of benzene rings is 2. The van der Waals surface area contributed by atoms with Crippen molar-refractivity contribution in [1.29, 1.82) is 0 Å². The molecule has 0 fully saturated rings. The number of aromatic nitrogens is 1. The second-order valence-electron chi connectivity index (χ2n) is 7.57. The van der Waals surface area contributed by atoms with E-state index in [0.717, 1.165) is 17.8 Å². The van der Waals surface area contributed by atoms with Crippen LogP contribution in [-0.2, 0) is 23.1 Å². The van der Waals surface area contributed by atoms with Gasteiger partial charge in [-0.3, -0.25) is 0 Å². The number of nitrogens with zero attached hydrogens (tertiary/aromatic N) is 2. The summed E-state index contributed by atoms with van der Waals surface area (Å²) in [7, 11) is -3.57. The molecule has 0 saturated heterocycles. The molecule has 4 nitrogen and oxygen atoms in total. The molecular formula is C23H28N2O2S. The molecule has 0 saturated carbocycles. The quantitative estimate of drug-likeness (QED) is 0.578. The van der Waals surface area contributed by atoms with Crippen molar-refractivity contribution in [2.45, 2.75) is 51.7 Å². The largest absolute Gasteiger partial charge is 0.346 e. The lowest BCUT2D eigenvalue weighted by Crippen LogP contribution is -2.37. The van der Waals surface area contributed by atoms with Gasteiger partial charge in [0.1, 0.15) is 0 Å². The van der Waals surface area contributed by atoms with Crippen molar-refractivity contribution in [1.82, 2.24) is 8.87 Å². The minimum absolute atomic E-state index is 0.145.